The van der Waals surface area contributed by atoms with E-state index in [1.54, 1.807) is 48.5 Å². The zero-order valence-electron chi connectivity index (χ0n) is 37.4. The number of allylic oxidation sites excluding steroid dienone is 2. The molecule has 5 aliphatic rings. The molecule has 0 saturated heterocycles. The molecule has 0 fully saturated rings. The highest BCUT2D eigenvalue weighted by molar-refractivity contribution is 6.45. The van der Waals surface area contributed by atoms with Crippen molar-refractivity contribution in [1.29, 1.82) is 0 Å². The van der Waals surface area contributed by atoms with Gasteiger partial charge in [-0.25, -0.2) is 0 Å². The monoisotopic (exact) mass is 942 g/mol. The van der Waals surface area contributed by atoms with E-state index in [0.717, 1.165) is 68.8 Å². The first kappa shape index (κ1) is 42.6. The van der Waals surface area contributed by atoms with Gasteiger partial charge in [-0.05, 0) is 150 Å². The Morgan fingerprint density at radius 3 is 0.930 bits per heavy atom. The quantitative estimate of drug-likeness (QED) is 0.0984. The standard InChI is InChI=1S/C61H32F6O4/c1-59(2)49-27-41-35-21-15-31(29-11-17-33(18-12-29)60(62,63)64)23-45(35)51(53-55(68)37-7-3-4-8-38(37)56(53)69)47(41)25-43(49)44-26-48-42(28-50(44)59)36-22-16-32(30-13-19-34(20-14-30)61(65,66)67)24-46(36)52(48)54-57(70)39-9-5-6-10-40(39)58(54)71/h3-28H,1-2H3. The fourth-order valence-electron chi connectivity index (χ4n) is 11.5. The van der Waals surface area contributed by atoms with Crippen LogP contribution in [-0.4, -0.2) is 23.1 Å². The number of hydrogen-bond acceptors (Lipinski definition) is 4. The average molecular weight is 943 g/mol. The summed E-state index contributed by atoms with van der Waals surface area (Å²) in [6.07, 6.45) is -9.05. The molecule has 0 N–H and O–H groups in total. The Balaban J connectivity index is 1.02. The predicted molar refractivity (Wildman–Crippen MR) is 258 cm³/mol. The molecule has 0 saturated carbocycles. The maximum Gasteiger partial charge on any atom is 0.416 e. The smallest absolute Gasteiger partial charge is 0.288 e. The lowest BCUT2D eigenvalue weighted by Gasteiger charge is -2.23. The van der Waals surface area contributed by atoms with Crippen LogP contribution in [0, 0.1) is 0 Å². The first-order valence-corrected chi connectivity index (χ1v) is 22.8. The Labute approximate surface area is 401 Å². The van der Waals surface area contributed by atoms with Crippen molar-refractivity contribution in [1.82, 2.24) is 0 Å². The highest BCUT2D eigenvalue weighted by atomic mass is 19.4. The summed E-state index contributed by atoms with van der Waals surface area (Å²) in [6, 6.07) is 42.2. The molecule has 0 aliphatic heterocycles. The van der Waals surface area contributed by atoms with Crippen LogP contribution in [0.1, 0.15) is 99.8 Å². The minimum absolute atomic E-state index is 0.00806. The van der Waals surface area contributed by atoms with Crippen molar-refractivity contribution in [2.75, 3.05) is 0 Å². The molecule has 0 heterocycles. The van der Waals surface area contributed by atoms with Gasteiger partial charge in [0.1, 0.15) is 0 Å². The Morgan fingerprint density at radius 1 is 0.296 bits per heavy atom. The first-order valence-electron chi connectivity index (χ1n) is 22.8. The van der Waals surface area contributed by atoms with Crippen molar-refractivity contribution in [2.24, 2.45) is 0 Å². The molecule has 0 aromatic heterocycles. The van der Waals surface area contributed by atoms with Crippen LogP contribution in [0.5, 0.6) is 0 Å². The Hall–Kier alpha value is -8.50. The van der Waals surface area contributed by atoms with Gasteiger partial charge in [-0.15, -0.1) is 0 Å². The molecule has 0 unspecified atom stereocenters. The van der Waals surface area contributed by atoms with Gasteiger partial charge in [-0.1, -0.05) is 111 Å². The Morgan fingerprint density at radius 2 is 0.606 bits per heavy atom. The molecule has 5 aliphatic carbocycles. The van der Waals surface area contributed by atoms with E-state index in [0.29, 0.717) is 55.7 Å². The van der Waals surface area contributed by atoms with E-state index in [-0.39, 0.29) is 33.4 Å². The van der Waals surface area contributed by atoms with Gasteiger partial charge in [-0.2, -0.15) is 26.3 Å². The molecule has 0 amide bonds. The van der Waals surface area contributed by atoms with Gasteiger partial charge in [0.25, 0.3) is 0 Å². The van der Waals surface area contributed by atoms with E-state index >= 15 is 0 Å². The molecule has 4 nitrogen and oxygen atoms in total. The molecular weight excluding hydrogens is 911 g/mol. The van der Waals surface area contributed by atoms with Gasteiger partial charge in [0.2, 0.25) is 0 Å². The van der Waals surface area contributed by atoms with E-state index in [9.17, 15) is 45.5 Å². The zero-order chi connectivity index (χ0) is 49.2. The summed E-state index contributed by atoms with van der Waals surface area (Å²) in [4.78, 5) is 57.8. The maximum atomic E-state index is 14.4. The number of carbonyl (C=O) groups is 4. The minimum Gasteiger partial charge on any atom is -0.288 e. The number of hydrogen-bond donors (Lipinski definition) is 0. The average Bonchev–Trinajstić information content (AvgIpc) is 4.06. The molecule has 0 bridgehead atoms. The van der Waals surface area contributed by atoms with E-state index in [1.807, 2.05) is 48.5 Å². The molecular formula is C61H32F6O4. The summed E-state index contributed by atoms with van der Waals surface area (Å²) in [5.74, 6) is -1.74. The third-order valence-electron chi connectivity index (χ3n) is 15.0. The van der Waals surface area contributed by atoms with Crippen LogP contribution in [0.25, 0.3) is 66.8 Å². The second-order valence-corrected chi connectivity index (χ2v) is 19.1. The number of carbonyl (C=O) groups excluding carboxylic acids is 4. The number of benzene rings is 8. The minimum atomic E-state index is -4.53. The van der Waals surface area contributed by atoms with E-state index in [4.69, 9.17) is 0 Å². The van der Waals surface area contributed by atoms with Crippen molar-refractivity contribution in [2.45, 2.75) is 31.6 Å². The van der Waals surface area contributed by atoms with Gasteiger partial charge in [0, 0.05) is 38.8 Å². The molecule has 0 spiro atoms. The Kier molecular flexibility index (Phi) is 8.57. The third-order valence-corrected chi connectivity index (χ3v) is 15.0. The second-order valence-electron chi connectivity index (χ2n) is 19.1. The van der Waals surface area contributed by atoms with Crippen LogP contribution in [-0.2, 0) is 17.8 Å². The Bertz CT molecular complexity index is 3590. The normalized spacial score (nSPS) is 15.7. The topological polar surface area (TPSA) is 68.3 Å². The van der Waals surface area contributed by atoms with Gasteiger partial charge < -0.3 is 0 Å². The molecule has 8 aromatic carbocycles. The first-order chi connectivity index (χ1) is 33.9. The lowest BCUT2D eigenvalue weighted by molar-refractivity contribution is -0.138. The summed E-state index contributed by atoms with van der Waals surface area (Å²) in [5.41, 5.74) is 10.8. The molecule has 0 atom stereocenters. The van der Waals surface area contributed by atoms with Crippen molar-refractivity contribution in [3.05, 3.63) is 236 Å². The molecule has 0 radical (unpaired) electrons. The van der Waals surface area contributed by atoms with Crippen molar-refractivity contribution >= 4 is 34.3 Å². The van der Waals surface area contributed by atoms with E-state index in [2.05, 4.69) is 26.0 Å². The number of Topliss-reactive ketones (excluding diaryl/α,β-unsaturated/α-hetero) is 4. The number of fused-ring (bicyclic) bond motifs is 11. The molecule has 8 aromatic rings. The highest BCUT2D eigenvalue weighted by Gasteiger charge is 2.45. The van der Waals surface area contributed by atoms with Crippen molar-refractivity contribution < 1.29 is 45.5 Å². The maximum absolute atomic E-state index is 14.4. The lowest BCUT2D eigenvalue weighted by atomic mass is 9.80. The molecule has 13 rings (SSSR count). The van der Waals surface area contributed by atoms with Crippen LogP contribution < -0.4 is 0 Å². The largest absolute Gasteiger partial charge is 0.416 e. The number of rotatable bonds is 2. The summed E-state index contributed by atoms with van der Waals surface area (Å²) in [6.45, 7) is 4.20. The van der Waals surface area contributed by atoms with Crippen LogP contribution in [0.3, 0.4) is 0 Å². The number of ketones is 4. The van der Waals surface area contributed by atoms with E-state index in [1.165, 1.54) is 24.3 Å². The second kappa shape index (κ2) is 14.3. The van der Waals surface area contributed by atoms with Crippen LogP contribution >= 0.6 is 0 Å². The fourth-order valence-corrected chi connectivity index (χ4v) is 11.5. The van der Waals surface area contributed by atoms with E-state index < -0.39 is 52.0 Å². The highest BCUT2D eigenvalue weighted by Crippen LogP contribution is 2.59. The molecule has 71 heavy (non-hydrogen) atoms. The SMILES string of the molecule is CC1(C)c2cc3c(cc2-c2cc4c(cc21)-c1ccc(-c2ccc(C(F)(F)F)cc2)cc1C4=C1C(=O)c2ccccc2C1=O)C(=C1C(=O)c2ccccc2C1=O)c1cc(-c2ccc(C(F)(F)F)cc2)ccc1-3. The number of alkyl halides is 6. The summed E-state index contributed by atoms with van der Waals surface area (Å²) < 4.78 is 81.6. The van der Waals surface area contributed by atoms with Crippen molar-refractivity contribution in [3.63, 3.8) is 0 Å². The van der Waals surface area contributed by atoms with Crippen LogP contribution in [0.4, 0.5) is 26.3 Å². The van der Waals surface area contributed by atoms with Crippen LogP contribution in [0.15, 0.2) is 169 Å². The van der Waals surface area contributed by atoms with Gasteiger partial charge in [0.15, 0.2) is 23.1 Å². The van der Waals surface area contributed by atoms with Crippen LogP contribution in [0.2, 0.25) is 0 Å². The van der Waals surface area contributed by atoms with Gasteiger partial charge in [-0.3, -0.25) is 19.2 Å². The van der Waals surface area contributed by atoms with Crippen molar-refractivity contribution in [3.8, 4) is 55.6 Å². The third kappa shape index (κ3) is 5.94. The summed E-state index contributed by atoms with van der Waals surface area (Å²) >= 11 is 0. The predicted octanol–water partition coefficient (Wildman–Crippen LogP) is 15.1. The van der Waals surface area contributed by atoms with Gasteiger partial charge in [0.05, 0.1) is 22.3 Å². The lowest BCUT2D eigenvalue weighted by Crippen LogP contribution is -2.15. The summed E-state index contributed by atoms with van der Waals surface area (Å²) in [5, 5.41) is 0. The molecule has 10 heteroatoms. The fraction of sp³-hybridized carbons (Fsp3) is 0.0820. The number of halogens is 6. The molecule has 342 valence electrons. The summed E-state index contributed by atoms with van der Waals surface area (Å²) in [7, 11) is 0. The zero-order valence-corrected chi connectivity index (χ0v) is 37.4. The van der Waals surface area contributed by atoms with Gasteiger partial charge >= 0.3 is 12.4 Å².